The number of hydrogen-bond donors (Lipinski definition) is 1. The second-order valence-corrected chi connectivity index (χ2v) is 4.88. The first-order valence-electron chi connectivity index (χ1n) is 7.21. The molecule has 1 aromatic heterocycles. The zero-order valence-corrected chi connectivity index (χ0v) is 13.0. The Balaban J connectivity index is 1.88. The Labute approximate surface area is 133 Å². The van der Waals surface area contributed by atoms with Gasteiger partial charge >= 0.3 is 5.82 Å². The predicted octanol–water partition coefficient (Wildman–Crippen LogP) is 2.53. The van der Waals surface area contributed by atoms with E-state index < -0.39 is 4.92 Å². The number of nitrogens with one attached hydrogen (secondary N) is 1. The monoisotopic (exact) mass is 318 g/mol. The Bertz CT molecular complexity index is 694. The van der Waals surface area contributed by atoms with Gasteiger partial charge in [-0.05, 0) is 43.0 Å². The van der Waals surface area contributed by atoms with Crippen molar-refractivity contribution >= 4 is 17.4 Å². The molecule has 0 aliphatic rings. The molecule has 0 spiro atoms. The van der Waals surface area contributed by atoms with Crippen molar-refractivity contribution in [1.29, 1.82) is 0 Å². The van der Waals surface area contributed by atoms with Gasteiger partial charge in [-0.1, -0.05) is 0 Å². The van der Waals surface area contributed by atoms with Crippen LogP contribution >= 0.6 is 0 Å². The Hall–Kier alpha value is -2.90. The van der Waals surface area contributed by atoms with E-state index in [1.807, 2.05) is 6.92 Å². The highest BCUT2D eigenvalue weighted by molar-refractivity contribution is 5.90. The van der Waals surface area contributed by atoms with E-state index >= 15 is 0 Å². The molecule has 2 aromatic rings. The van der Waals surface area contributed by atoms with E-state index in [9.17, 15) is 14.9 Å². The summed E-state index contributed by atoms with van der Waals surface area (Å²) in [6.07, 6.45) is 0.173. The zero-order chi connectivity index (χ0) is 16.8. The van der Waals surface area contributed by atoms with Crippen molar-refractivity contribution in [2.75, 3.05) is 11.9 Å². The number of aromatic nitrogens is 2. The maximum absolute atomic E-state index is 11.9. The number of aryl methyl sites for hydroxylation is 2. The van der Waals surface area contributed by atoms with E-state index in [4.69, 9.17) is 4.74 Å². The van der Waals surface area contributed by atoms with Gasteiger partial charge in [-0.25, -0.2) is 0 Å². The van der Waals surface area contributed by atoms with Crippen LogP contribution in [0.15, 0.2) is 30.3 Å². The molecule has 0 unspecified atom stereocenters. The smallest absolute Gasteiger partial charge is 0.390 e. The molecule has 0 saturated carbocycles. The summed E-state index contributed by atoms with van der Waals surface area (Å²) in [4.78, 5) is 22.0. The van der Waals surface area contributed by atoms with Crippen molar-refractivity contribution in [3.63, 3.8) is 0 Å². The molecule has 1 N–H and O–H groups in total. The SMILES string of the molecule is CCOc1ccc(NC(=O)CCn2nc([N+](=O)[O-])cc2C)cc1. The molecule has 1 amide bonds. The lowest BCUT2D eigenvalue weighted by molar-refractivity contribution is -0.389. The molecule has 2 rings (SSSR count). The number of nitro groups is 1. The summed E-state index contributed by atoms with van der Waals surface area (Å²) in [5, 5.41) is 17.3. The predicted molar refractivity (Wildman–Crippen MR) is 84.5 cm³/mol. The molecule has 122 valence electrons. The van der Waals surface area contributed by atoms with Crippen LogP contribution in [0.25, 0.3) is 0 Å². The number of nitrogens with zero attached hydrogens (tertiary/aromatic N) is 3. The molecule has 1 heterocycles. The summed E-state index contributed by atoms with van der Waals surface area (Å²) in [5.74, 6) is 0.339. The van der Waals surface area contributed by atoms with Gasteiger partial charge in [0.05, 0.1) is 30.0 Å². The summed E-state index contributed by atoms with van der Waals surface area (Å²) in [6.45, 7) is 4.48. The number of anilines is 1. The highest BCUT2D eigenvalue weighted by Crippen LogP contribution is 2.16. The van der Waals surface area contributed by atoms with Crippen LogP contribution < -0.4 is 10.1 Å². The second-order valence-electron chi connectivity index (χ2n) is 4.88. The van der Waals surface area contributed by atoms with Crippen molar-refractivity contribution in [3.8, 4) is 5.75 Å². The lowest BCUT2D eigenvalue weighted by Gasteiger charge is -2.07. The van der Waals surface area contributed by atoms with Crippen LogP contribution in [0, 0.1) is 17.0 Å². The van der Waals surface area contributed by atoms with Gasteiger partial charge in [0.15, 0.2) is 0 Å². The summed E-state index contributed by atoms with van der Waals surface area (Å²) < 4.78 is 6.78. The van der Waals surface area contributed by atoms with Crippen molar-refractivity contribution in [3.05, 3.63) is 46.1 Å². The lowest BCUT2D eigenvalue weighted by atomic mass is 10.3. The number of carbonyl (C=O) groups excluding carboxylic acids is 1. The normalized spacial score (nSPS) is 10.3. The zero-order valence-electron chi connectivity index (χ0n) is 13.0. The molecule has 0 bridgehead atoms. The molecule has 0 radical (unpaired) electrons. The standard InChI is InChI=1S/C15H18N4O4/c1-3-23-13-6-4-12(5-7-13)16-15(20)8-9-18-11(2)10-14(17-18)19(21)22/h4-7,10H,3,8-9H2,1-2H3,(H,16,20). The Morgan fingerprint density at radius 3 is 2.65 bits per heavy atom. The molecule has 0 aliphatic carbocycles. The molecule has 23 heavy (non-hydrogen) atoms. The van der Waals surface area contributed by atoms with Crippen molar-refractivity contribution in [1.82, 2.24) is 9.78 Å². The number of benzene rings is 1. The van der Waals surface area contributed by atoms with Gasteiger partial charge in [0.1, 0.15) is 5.75 Å². The van der Waals surface area contributed by atoms with E-state index in [1.165, 1.54) is 10.7 Å². The van der Waals surface area contributed by atoms with Crippen LogP contribution in [0.1, 0.15) is 19.0 Å². The first-order chi connectivity index (χ1) is 11.0. The number of hydrogen-bond acceptors (Lipinski definition) is 5. The maximum atomic E-state index is 11.9. The minimum absolute atomic E-state index is 0.173. The molecule has 8 nitrogen and oxygen atoms in total. The fourth-order valence-electron chi connectivity index (χ4n) is 2.04. The third-order valence-electron chi connectivity index (χ3n) is 3.16. The van der Waals surface area contributed by atoms with Crippen LogP contribution in [-0.2, 0) is 11.3 Å². The summed E-state index contributed by atoms with van der Waals surface area (Å²) in [5.41, 5.74) is 1.31. The van der Waals surface area contributed by atoms with Crippen molar-refractivity contribution in [2.24, 2.45) is 0 Å². The fraction of sp³-hybridized carbons (Fsp3) is 0.333. The molecule has 1 aromatic carbocycles. The molecule has 0 aliphatic heterocycles. The highest BCUT2D eigenvalue weighted by atomic mass is 16.6. The fourth-order valence-corrected chi connectivity index (χ4v) is 2.04. The average molecular weight is 318 g/mol. The number of ether oxygens (including phenoxy) is 1. The minimum Gasteiger partial charge on any atom is -0.494 e. The largest absolute Gasteiger partial charge is 0.494 e. The van der Waals surface area contributed by atoms with Crippen molar-refractivity contribution in [2.45, 2.75) is 26.8 Å². The summed E-state index contributed by atoms with van der Waals surface area (Å²) in [7, 11) is 0. The number of amides is 1. The lowest BCUT2D eigenvalue weighted by Crippen LogP contribution is -2.15. The number of carbonyl (C=O) groups is 1. The molecular formula is C15H18N4O4. The Morgan fingerprint density at radius 2 is 2.09 bits per heavy atom. The Kier molecular flexibility index (Phi) is 5.29. The van der Waals surface area contributed by atoms with E-state index in [0.717, 1.165) is 5.75 Å². The van der Waals surface area contributed by atoms with Crippen molar-refractivity contribution < 1.29 is 14.5 Å². The molecule has 0 saturated heterocycles. The van der Waals surface area contributed by atoms with E-state index in [1.54, 1.807) is 31.2 Å². The quantitative estimate of drug-likeness (QED) is 0.624. The van der Waals surface area contributed by atoms with Crippen LogP contribution in [0.2, 0.25) is 0 Å². The van der Waals surface area contributed by atoms with Gasteiger partial charge in [-0.2, -0.15) is 4.68 Å². The third kappa shape index (κ3) is 4.53. The van der Waals surface area contributed by atoms with Gasteiger partial charge in [0.2, 0.25) is 5.91 Å². The van der Waals surface area contributed by atoms with Gasteiger partial charge in [0.25, 0.3) is 0 Å². The van der Waals surface area contributed by atoms with Crippen LogP contribution in [0.5, 0.6) is 5.75 Å². The van der Waals surface area contributed by atoms with Gasteiger partial charge < -0.3 is 20.2 Å². The first kappa shape index (κ1) is 16.5. The second kappa shape index (κ2) is 7.39. The van der Waals surface area contributed by atoms with E-state index in [2.05, 4.69) is 10.4 Å². The number of rotatable bonds is 7. The molecule has 8 heteroatoms. The van der Waals surface area contributed by atoms with Gasteiger partial charge in [-0.3, -0.25) is 4.79 Å². The maximum Gasteiger partial charge on any atom is 0.390 e. The van der Waals surface area contributed by atoms with Crippen LogP contribution in [0.4, 0.5) is 11.5 Å². The van der Waals surface area contributed by atoms with Crippen LogP contribution in [-0.4, -0.2) is 27.2 Å². The van der Waals surface area contributed by atoms with E-state index in [-0.39, 0.29) is 24.7 Å². The molecule has 0 atom stereocenters. The van der Waals surface area contributed by atoms with Gasteiger partial charge in [0, 0.05) is 12.1 Å². The van der Waals surface area contributed by atoms with Gasteiger partial charge in [-0.15, -0.1) is 0 Å². The van der Waals surface area contributed by atoms with Crippen LogP contribution in [0.3, 0.4) is 0 Å². The van der Waals surface area contributed by atoms with E-state index in [0.29, 0.717) is 18.0 Å². The molecule has 0 fully saturated rings. The average Bonchev–Trinajstić information content (AvgIpc) is 2.89. The highest BCUT2D eigenvalue weighted by Gasteiger charge is 2.15. The minimum atomic E-state index is -0.552. The first-order valence-corrected chi connectivity index (χ1v) is 7.21. The summed E-state index contributed by atoms with van der Waals surface area (Å²) >= 11 is 0. The Morgan fingerprint density at radius 1 is 1.39 bits per heavy atom. The third-order valence-corrected chi connectivity index (χ3v) is 3.16. The topological polar surface area (TPSA) is 99.3 Å². The molecular weight excluding hydrogens is 300 g/mol. The summed E-state index contributed by atoms with van der Waals surface area (Å²) in [6, 6.07) is 8.45.